The highest BCUT2D eigenvalue weighted by molar-refractivity contribution is 5.88. The fourth-order valence-electron chi connectivity index (χ4n) is 9.27. The summed E-state index contributed by atoms with van der Waals surface area (Å²) in [5.74, 6) is 0.176. The summed E-state index contributed by atoms with van der Waals surface area (Å²) >= 11 is 0. The van der Waals surface area contributed by atoms with Crippen LogP contribution >= 0.6 is 0 Å². The first-order valence-corrected chi connectivity index (χ1v) is 19.2. The Morgan fingerprint density at radius 3 is 2.14 bits per heavy atom. The molecule has 6 nitrogen and oxygen atoms in total. The number of quaternary nitrogens is 1. The molecule has 3 aliphatic heterocycles. The number of hydrogen-bond donors (Lipinski definition) is 5. The molecule has 5 N–H and O–H groups in total. The van der Waals surface area contributed by atoms with Crippen molar-refractivity contribution in [3.63, 3.8) is 0 Å². The van der Waals surface area contributed by atoms with E-state index >= 15 is 0 Å². The van der Waals surface area contributed by atoms with Crippen LogP contribution in [0.15, 0.2) is 72.8 Å². The van der Waals surface area contributed by atoms with Crippen molar-refractivity contribution >= 4 is 16.8 Å². The summed E-state index contributed by atoms with van der Waals surface area (Å²) in [7, 11) is 3.93. The molecule has 0 atom stereocenters. The third-order valence-corrected chi connectivity index (χ3v) is 12.2. The number of amides is 1. The fourth-order valence-corrected chi connectivity index (χ4v) is 9.27. The Labute approximate surface area is 301 Å². The maximum atomic E-state index is 11.5. The predicted octanol–water partition coefficient (Wildman–Crippen LogP) is 6.72. The van der Waals surface area contributed by atoms with E-state index in [0.717, 1.165) is 39.0 Å². The second-order valence-corrected chi connectivity index (χ2v) is 15.2. The van der Waals surface area contributed by atoms with Crippen LogP contribution in [0.5, 0.6) is 0 Å². The molecule has 2 saturated heterocycles. The number of fused-ring (bicyclic) bond motifs is 6. The first kappa shape index (κ1) is 36.3. The Bertz CT molecular complexity index is 1660. The van der Waals surface area contributed by atoms with Crippen LogP contribution in [0.25, 0.3) is 10.9 Å². The molecule has 6 aliphatic rings. The minimum absolute atomic E-state index is 0. The van der Waals surface area contributed by atoms with E-state index in [1.807, 2.05) is 0 Å². The van der Waals surface area contributed by atoms with Crippen molar-refractivity contribution in [2.45, 2.75) is 115 Å². The van der Waals surface area contributed by atoms with Crippen LogP contribution in [0.4, 0.5) is 0 Å². The van der Waals surface area contributed by atoms with Crippen molar-refractivity contribution in [1.82, 2.24) is 20.9 Å². The summed E-state index contributed by atoms with van der Waals surface area (Å²) < 4.78 is 0. The Morgan fingerprint density at radius 1 is 0.680 bits per heavy atom. The van der Waals surface area contributed by atoms with Gasteiger partial charge in [-0.05, 0) is 104 Å². The van der Waals surface area contributed by atoms with Gasteiger partial charge in [0.15, 0.2) is 0 Å². The molecule has 1 amide bonds. The lowest BCUT2D eigenvalue weighted by Gasteiger charge is -2.36. The number of aromatic nitrogens is 1. The van der Waals surface area contributed by atoms with Gasteiger partial charge in [-0.3, -0.25) is 10.1 Å². The van der Waals surface area contributed by atoms with Gasteiger partial charge in [-0.15, -0.1) is 0 Å². The fraction of sp³-hybridized carbons (Fsp3) is 0.500. The predicted molar refractivity (Wildman–Crippen MR) is 207 cm³/mol. The minimum Gasteiger partial charge on any atom is -0.468 e. The molecule has 3 fully saturated rings. The number of carbonyl (C=O) groups excluding carboxylic acids is 1. The molecule has 4 aromatic rings. The van der Waals surface area contributed by atoms with Crippen LogP contribution in [0, 0.1) is 7.05 Å². The zero-order chi connectivity index (χ0) is 33.5. The van der Waals surface area contributed by atoms with Crippen LogP contribution < -0.4 is 20.9 Å². The van der Waals surface area contributed by atoms with Gasteiger partial charge in [-0.2, -0.15) is 7.05 Å². The smallest absolute Gasteiger partial charge is 0.241 e. The molecule has 1 saturated carbocycles. The minimum atomic E-state index is -0.249. The summed E-state index contributed by atoms with van der Waals surface area (Å²) in [4.78, 5) is 16.3. The zero-order valence-corrected chi connectivity index (χ0v) is 29.5. The first-order valence-electron chi connectivity index (χ1n) is 19.2. The average Bonchev–Trinajstić information content (AvgIpc) is 3.84. The molecule has 3 aromatic carbocycles. The number of aryl methyl sites for hydroxylation is 3. The van der Waals surface area contributed by atoms with Gasteiger partial charge >= 0.3 is 0 Å². The molecule has 6 heteroatoms. The van der Waals surface area contributed by atoms with Gasteiger partial charge in [0.25, 0.3) is 0 Å². The molecular weight excluding hydrogens is 615 g/mol. The quantitative estimate of drug-likeness (QED) is 0.134. The van der Waals surface area contributed by atoms with Crippen molar-refractivity contribution in [1.29, 1.82) is 0 Å². The molecule has 0 unspecified atom stereocenters. The van der Waals surface area contributed by atoms with E-state index in [0.29, 0.717) is 12.1 Å². The van der Waals surface area contributed by atoms with Crippen LogP contribution in [0.2, 0.25) is 0 Å². The van der Waals surface area contributed by atoms with Gasteiger partial charge in [0.2, 0.25) is 5.91 Å². The van der Waals surface area contributed by atoms with Gasteiger partial charge in [0.05, 0.1) is 19.8 Å². The molecular formula is C44H61N5O. The van der Waals surface area contributed by atoms with Crippen molar-refractivity contribution in [2.24, 2.45) is 0 Å². The molecule has 0 radical (unpaired) electrons. The van der Waals surface area contributed by atoms with Gasteiger partial charge in [-0.1, -0.05) is 93.4 Å². The molecule has 1 aromatic heterocycles. The Hall–Kier alpha value is -3.45. The van der Waals surface area contributed by atoms with E-state index in [4.69, 9.17) is 0 Å². The van der Waals surface area contributed by atoms with E-state index in [2.05, 4.69) is 101 Å². The first-order chi connectivity index (χ1) is 24.1. The number of para-hydroxylation sites is 1. The summed E-state index contributed by atoms with van der Waals surface area (Å²) in [6, 6.07) is 26.4. The van der Waals surface area contributed by atoms with E-state index in [1.165, 1.54) is 110 Å². The number of likely N-dealkylation sites (tertiary alicyclic amines) is 1. The number of hydrogen-bond acceptors (Lipinski definition) is 3. The lowest BCUT2D eigenvalue weighted by molar-refractivity contribution is -0.860. The number of nitrogens with one attached hydrogen (secondary N) is 5. The molecule has 3 aliphatic carbocycles. The molecule has 2 spiro atoms. The Kier molecular flexibility index (Phi) is 12.1. The van der Waals surface area contributed by atoms with E-state index in [9.17, 15) is 4.79 Å². The lowest BCUT2D eigenvalue weighted by Crippen LogP contribution is -3.09. The van der Waals surface area contributed by atoms with Crippen molar-refractivity contribution in [3.05, 3.63) is 113 Å². The number of H-pyrrole nitrogens is 1. The maximum absolute atomic E-state index is 11.5. The van der Waals surface area contributed by atoms with Gasteiger partial charge in [0, 0.05) is 36.0 Å². The second kappa shape index (κ2) is 16.7. The molecule has 268 valence electrons. The summed E-state index contributed by atoms with van der Waals surface area (Å²) in [5, 5.41) is 10.8. The monoisotopic (exact) mass is 675 g/mol. The van der Waals surface area contributed by atoms with Crippen molar-refractivity contribution in [3.8, 4) is 0 Å². The molecule has 0 bridgehead atoms. The zero-order valence-electron chi connectivity index (χ0n) is 29.5. The topological polar surface area (TPSA) is 73.4 Å². The largest absolute Gasteiger partial charge is 0.468 e. The highest BCUT2D eigenvalue weighted by Crippen LogP contribution is 2.48. The van der Waals surface area contributed by atoms with Crippen LogP contribution in [-0.4, -0.2) is 42.7 Å². The summed E-state index contributed by atoms with van der Waals surface area (Å²) in [5.41, 5.74) is 11.0. The summed E-state index contributed by atoms with van der Waals surface area (Å²) in [6.45, 7) is 4.79. The van der Waals surface area contributed by atoms with Gasteiger partial charge in [-0.25, -0.2) is 0 Å². The number of aromatic amines is 1. The Balaban J connectivity index is 0.000000115. The second-order valence-electron chi connectivity index (χ2n) is 15.2. The highest BCUT2D eigenvalue weighted by Gasteiger charge is 2.44. The van der Waals surface area contributed by atoms with Crippen molar-refractivity contribution in [2.75, 3.05) is 26.3 Å². The van der Waals surface area contributed by atoms with Crippen LogP contribution in [-0.2, 0) is 42.4 Å². The van der Waals surface area contributed by atoms with E-state index in [1.54, 1.807) is 16.7 Å². The molecule has 4 heterocycles. The third kappa shape index (κ3) is 8.03. The van der Waals surface area contributed by atoms with Gasteiger partial charge in [0.1, 0.15) is 5.54 Å². The summed E-state index contributed by atoms with van der Waals surface area (Å²) in [6.07, 6.45) is 18.2. The SMILES string of the molecule is C.[CH2-][NH+]1CCC2(CC1)NCNC2=O.c1ccc2c(c1)CCC21CCCCC1.c1ccc2c(c1)CCNC2.c1ccc2c3c([nH]c2c1)CCCC3. The Morgan fingerprint density at radius 2 is 1.38 bits per heavy atom. The highest BCUT2D eigenvalue weighted by atomic mass is 16.2. The van der Waals surface area contributed by atoms with Crippen molar-refractivity contribution < 1.29 is 9.69 Å². The van der Waals surface area contributed by atoms with E-state index < -0.39 is 0 Å². The standard InChI is InChI=1S/C14H18.C12H13N.C9H11N.C8H15N3O.CH4/c1-4-9-14(10-5-1)11-8-12-6-2-3-7-13(12)14;1-3-7-11-9(5-1)10-6-2-4-8-12(10)13-11;1-2-4-9-7-10-6-5-8(9)3-1;1-11-4-2-8(3-5-11)7(12)9-6-10-8;/h2-3,6-7H,1,4-5,8-11H2;1,3,5,7,13H,2,4,6,8H2;1-4,10H,5-7H2;10-11H,1-6H2,(H,9,12);1H4. The number of benzene rings is 3. The lowest BCUT2D eigenvalue weighted by atomic mass is 9.70. The van der Waals surface area contributed by atoms with Crippen LogP contribution in [0.3, 0.4) is 0 Å². The number of carbonyl (C=O) groups is 1. The number of rotatable bonds is 0. The number of piperidine rings is 1. The van der Waals surface area contributed by atoms with Crippen LogP contribution in [0.1, 0.15) is 105 Å². The average molecular weight is 676 g/mol. The molecule has 50 heavy (non-hydrogen) atoms. The van der Waals surface area contributed by atoms with E-state index in [-0.39, 0.29) is 18.9 Å². The third-order valence-electron chi connectivity index (χ3n) is 12.2. The normalized spacial score (nSPS) is 24.1. The van der Waals surface area contributed by atoms with Gasteiger partial charge < -0.3 is 20.5 Å². The maximum Gasteiger partial charge on any atom is 0.241 e. The molecule has 10 rings (SSSR count).